The van der Waals surface area contributed by atoms with E-state index in [0.29, 0.717) is 12.0 Å². The molecule has 3 nitrogen and oxygen atoms in total. The van der Waals surface area contributed by atoms with Crippen LogP contribution in [0.25, 0.3) is 0 Å². The summed E-state index contributed by atoms with van der Waals surface area (Å²) in [5, 5.41) is 0. The van der Waals surface area contributed by atoms with Crippen LogP contribution in [0.2, 0.25) is 0 Å². The summed E-state index contributed by atoms with van der Waals surface area (Å²) >= 11 is 1.89. The average Bonchev–Trinajstić information content (AvgIpc) is 2.29. The van der Waals surface area contributed by atoms with Crippen molar-refractivity contribution < 1.29 is 4.74 Å². The van der Waals surface area contributed by atoms with Gasteiger partial charge in [0.2, 0.25) is 0 Å². The van der Waals surface area contributed by atoms with Crippen molar-refractivity contribution in [2.75, 3.05) is 45.4 Å². The molecule has 1 rings (SSSR count). The van der Waals surface area contributed by atoms with E-state index in [1.807, 2.05) is 11.8 Å². The van der Waals surface area contributed by atoms with Crippen LogP contribution in [0.3, 0.4) is 0 Å². The van der Waals surface area contributed by atoms with E-state index in [2.05, 4.69) is 18.2 Å². The molecule has 0 spiro atoms. The molecule has 1 heterocycles. The van der Waals surface area contributed by atoms with E-state index >= 15 is 0 Å². The van der Waals surface area contributed by atoms with Crippen molar-refractivity contribution in [1.82, 2.24) is 4.90 Å². The second-order valence-electron chi connectivity index (χ2n) is 4.25. The van der Waals surface area contributed by atoms with Crippen molar-refractivity contribution in [2.24, 2.45) is 11.7 Å². The Balaban J connectivity index is 2.37. The van der Waals surface area contributed by atoms with E-state index in [0.717, 1.165) is 26.3 Å². The average molecular weight is 232 g/mol. The van der Waals surface area contributed by atoms with Crippen LogP contribution < -0.4 is 5.73 Å². The van der Waals surface area contributed by atoms with Gasteiger partial charge in [0.05, 0.1) is 6.61 Å². The van der Waals surface area contributed by atoms with Gasteiger partial charge in [0, 0.05) is 31.5 Å². The van der Waals surface area contributed by atoms with Crippen LogP contribution in [0, 0.1) is 5.92 Å². The third-order valence-electron chi connectivity index (χ3n) is 3.20. The number of nitrogens with zero attached hydrogens (tertiary/aromatic N) is 1. The molecule has 0 saturated carbocycles. The number of thioether (sulfide) groups is 1. The molecule has 0 amide bonds. The summed E-state index contributed by atoms with van der Waals surface area (Å²) in [6.45, 7) is 3.70. The quantitative estimate of drug-likeness (QED) is 0.742. The Hall–Kier alpha value is 0.230. The molecule has 1 fully saturated rings. The summed E-state index contributed by atoms with van der Waals surface area (Å²) in [6, 6.07) is 0.498. The van der Waals surface area contributed by atoms with Gasteiger partial charge >= 0.3 is 0 Å². The van der Waals surface area contributed by atoms with Crippen molar-refractivity contribution in [3.8, 4) is 0 Å². The second-order valence-corrected chi connectivity index (χ2v) is 5.24. The monoisotopic (exact) mass is 232 g/mol. The molecular formula is C11H24N2OS. The van der Waals surface area contributed by atoms with Crippen molar-refractivity contribution in [3.63, 3.8) is 0 Å². The summed E-state index contributed by atoms with van der Waals surface area (Å²) in [5.74, 6) is 1.82. The van der Waals surface area contributed by atoms with Gasteiger partial charge in [0.1, 0.15) is 0 Å². The summed E-state index contributed by atoms with van der Waals surface area (Å²) in [5.41, 5.74) is 5.87. The lowest BCUT2D eigenvalue weighted by atomic mass is 9.93. The van der Waals surface area contributed by atoms with Crippen molar-refractivity contribution in [3.05, 3.63) is 0 Å². The summed E-state index contributed by atoms with van der Waals surface area (Å²) in [6.07, 6.45) is 4.61. The Morgan fingerprint density at radius 2 is 2.40 bits per heavy atom. The van der Waals surface area contributed by atoms with E-state index < -0.39 is 0 Å². The Bertz CT molecular complexity index is 163. The van der Waals surface area contributed by atoms with E-state index in [9.17, 15) is 0 Å². The first-order chi connectivity index (χ1) is 7.29. The lowest BCUT2D eigenvalue weighted by molar-refractivity contribution is 0.0186. The van der Waals surface area contributed by atoms with Crippen molar-refractivity contribution >= 4 is 11.8 Å². The first kappa shape index (κ1) is 13.3. The molecule has 1 aliphatic rings. The minimum Gasteiger partial charge on any atom is -0.381 e. The van der Waals surface area contributed by atoms with Crippen LogP contribution in [0.5, 0.6) is 0 Å². The maximum absolute atomic E-state index is 5.87. The molecule has 1 saturated heterocycles. The van der Waals surface area contributed by atoms with E-state index in [4.69, 9.17) is 10.5 Å². The lowest BCUT2D eigenvalue weighted by Gasteiger charge is -2.35. The predicted molar refractivity (Wildman–Crippen MR) is 67.4 cm³/mol. The zero-order chi connectivity index (χ0) is 11.1. The van der Waals surface area contributed by atoms with Gasteiger partial charge in [0.25, 0.3) is 0 Å². The van der Waals surface area contributed by atoms with Gasteiger partial charge in [0.15, 0.2) is 0 Å². The van der Waals surface area contributed by atoms with Crippen LogP contribution >= 0.6 is 11.8 Å². The van der Waals surface area contributed by atoms with Gasteiger partial charge in [-0.15, -0.1) is 0 Å². The maximum Gasteiger partial charge on any atom is 0.0509 e. The van der Waals surface area contributed by atoms with Crippen LogP contribution in [0.15, 0.2) is 0 Å². The SMILES string of the molecule is CSCCN(C)C(CN)C1CCCOC1. The Kier molecular flexibility index (Phi) is 6.64. The molecule has 0 aromatic carbocycles. The predicted octanol–water partition coefficient (Wildman–Crippen LogP) is 1.04. The zero-order valence-electron chi connectivity index (χ0n) is 9.95. The minimum atomic E-state index is 0.498. The highest BCUT2D eigenvalue weighted by Crippen LogP contribution is 2.20. The number of hydrogen-bond donors (Lipinski definition) is 1. The number of hydrogen-bond acceptors (Lipinski definition) is 4. The highest BCUT2D eigenvalue weighted by atomic mass is 32.2. The molecule has 0 radical (unpaired) electrons. The van der Waals surface area contributed by atoms with Gasteiger partial charge in [-0.25, -0.2) is 0 Å². The van der Waals surface area contributed by atoms with E-state index in [1.165, 1.54) is 18.6 Å². The number of likely N-dealkylation sites (N-methyl/N-ethyl adjacent to an activating group) is 1. The van der Waals surface area contributed by atoms with E-state index in [-0.39, 0.29) is 0 Å². The van der Waals surface area contributed by atoms with Crippen LogP contribution in [0.4, 0.5) is 0 Å². The maximum atomic E-state index is 5.87. The Labute approximate surface area is 97.7 Å². The fraction of sp³-hybridized carbons (Fsp3) is 1.00. The lowest BCUT2D eigenvalue weighted by Crippen LogP contribution is -2.46. The molecule has 0 aromatic rings. The third kappa shape index (κ3) is 4.31. The topological polar surface area (TPSA) is 38.5 Å². The number of rotatable bonds is 6. The van der Waals surface area contributed by atoms with E-state index in [1.54, 1.807) is 0 Å². The molecular weight excluding hydrogens is 208 g/mol. The van der Waals surface area contributed by atoms with Crippen LogP contribution in [-0.4, -0.2) is 56.3 Å². The number of nitrogens with two attached hydrogens (primary N) is 1. The van der Waals surface area contributed by atoms with Gasteiger partial charge in [-0.1, -0.05) is 0 Å². The summed E-state index contributed by atoms with van der Waals surface area (Å²) < 4.78 is 5.53. The molecule has 2 atom stereocenters. The van der Waals surface area contributed by atoms with Gasteiger partial charge in [-0.2, -0.15) is 11.8 Å². The Morgan fingerprint density at radius 3 is 2.93 bits per heavy atom. The molecule has 90 valence electrons. The first-order valence-corrected chi connectivity index (χ1v) is 7.16. The Morgan fingerprint density at radius 1 is 1.60 bits per heavy atom. The molecule has 0 aliphatic carbocycles. The molecule has 15 heavy (non-hydrogen) atoms. The molecule has 0 bridgehead atoms. The molecule has 4 heteroatoms. The smallest absolute Gasteiger partial charge is 0.0509 e. The highest BCUT2D eigenvalue weighted by molar-refractivity contribution is 7.98. The standard InChI is InChI=1S/C11H24N2OS/c1-13(5-7-15-2)11(8-12)10-4-3-6-14-9-10/h10-11H,3-9,12H2,1-2H3. The fourth-order valence-electron chi connectivity index (χ4n) is 2.20. The minimum absolute atomic E-state index is 0.498. The highest BCUT2D eigenvalue weighted by Gasteiger charge is 2.25. The van der Waals surface area contributed by atoms with Gasteiger partial charge < -0.3 is 15.4 Å². The molecule has 1 aliphatic heterocycles. The van der Waals surface area contributed by atoms with Crippen molar-refractivity contribution in [1.29, 1.82) is 0 Å². The van der Waals surface area contributed by atoms with Crippen LogP contribution in [0.1, 0.15) is 12.8 Å². The normalized spacial score (nSPS) is 24.4. The third-order valence-corrected chi connectivity index (χ3v) is 3.79. The number of ether oxygens (including phenoxy) is 1. The van der Waals surface area contributed by atoms with Crippen LogP contribution in [-0.2, 0) is 4.74 Å². The summed E-state index contributed by atoms with van der Waals surface area (Å²) in [7, 11) is 2.18. The van der Waals surface area contributed by atoms with Gasteiger partial charge in [-0.3, -0.25) is 0 Å². The summed E-state index contributed by atoms with van der Waals surface area (Å²) in [4.78, 5) is 2.40. The fourth-order valence-corrected chi connectivity index (χ4v) is 2.67. The zero-order valence-corrected chi connectivity index (χ0v) is 10.8. The molecule has 2 unspecified atom stereocenters. The first-order valence-electron chi connectivity index (χ1n) is 5.76. The second kappa shape index (κ2) is 7.49. The largest absolute Gasteiger partial charge is 0.381 e. The van der Waals surface area contributed by atoms with Gasteiger partial charge in [-0.05, 0) is 32.1 Å². The van der Waals surface area contributed by atoms with Crippen molar-refractivity contribution in [2.45, 2.75) is 18.9 Å². The molecule has 2 N–H and O–H groups in total. The molecule has 0 aromatic heterocycles.